The summed E-state index contributed by atoms with van der Waals surface area (Å²) in [4.78, 5) is 0. The minimum absolute atomic E-state index is 0.0294. The normalized spacial score (nSPS) is 13.4. The fraction of sp³-hybridized carbons (Fsp3) is 0.250. The lowest BCUT2D eigenvalue weighted by atomic mass is 10.0. The number of nitrogens with two attached hydrogens (primary N) is 1. The predicted molar refractivity (Wildman–Crippen MR) is 58.5 cm³/mol. The second-order valence-corrected chi connectivity index (χ2v) is 3.38. The van der Waals surface area contributed by atoms with E-state index in [1.165, 1.54) is 0 Å². The highest BCUT2D eigenvalue weighted by molar-refractivity contribution is 5.60. The minimum Gasteiger partial charge on any atom is -0.324 e. The summed E-state index contributed by atoms with van der Waals surface area (Å²) in [6.45, 7) is 3.90. The first-order valence-corrected chi connectivity index (χ1v) is 4.58. The molecule has 0 saturated heterocycles. The fourth-order valence-electron chi connectivity index (χ4n) is 1.10. The lowest BCUT2D eigenvalue weighted by molar-refractivity contribution is 0.868. The molecule has 0 amide bonds. The van der Waals surface area contributed by atoms with Gasteiger partial charge in [-0.1, -0.05) is 29.8 Å². The minimum atomic E-state index is 0.0294. The van der Waals surface area contributed by atoms with Crippen molar-refractivity contribution < 1.29 is 0 Å². The average molecular weight is 186 g/mol. The van der Waals surface area contributed by atoms with E-state index in [0.29, 0.717) is 5.56 Å². The van der Waals surface area contributed by atoms with Gasteiger partial charge in [0.25, 0.3) is 0 Å². The van der Waals surface area contributed by atoms with Crippen LogP contribution in [0.1, 0.15) is 25.0 Å². The highest BCUT2D eigenvalue weighted by atomic mass is 14.6. The van der Waals surface area contributed by atoms with Gasteiger partial charge in [0.1, 0.15) is 0 Å². The summed E-state index contributed by atoms with van der Waals surface area (Å²) in [5, 5.41) is 8.86. The summed E-state index contributed by atoms with van der Waals surface area (Å²) >= 11 is 0. The van der Waals surface area contributed by atoms with Crippen molar-refractivity contribution in [1.29, 1.82) is 5.26 Å². The smallest absolute Gasteiger partial charge is 0.0997 e. The summed E-state index contributed by atoms with van der Waals surface area (Å²) in [5.74, 6) is 0. The molecule has 2 N–H and O–H groups in total. The molecule has 0 aliphatic heterocycles. The second kappa shape index (κ2) is 4.59. The maximum Gasteiger partial charge on any atom is 0.0997 e. The van der Waals surface area contributed by atoms with Gasteiger partial charge in [0, 0.05) is 6.04 Å². The van der Waals surface area contributed by atoms with Crippen LogP contribution in [0, 0.1) is 11.3 Å². The molecule has 72 valence electrons. The lowest BCUT2D eigenvalue weighted by Crippen LogP contribution is -2.15. The Kier molecular flexibility index (Phi) is 3.44. The van der Waals surface area contributed by atoms with Gasteiger partial charge in [-0.25, -0.2) is 0 Å². The van der Waals surface area contributed by atoms with Crippen LogP contribution in [0.4, 0.5) is 0 Å². The van der Waals surface area contributed by atoms with E-state index in [2.05, 4.69) is 6.07 Å². The van der Waals surface area contributed by atoms with E-state index in [1.807, 2.05) is 38.1 Å². The molecule has 0 heterocycles. The Morgan fingerprint density at radius 1 is 1.50 bits per heavy atom. The van der Waals surface area contributed by atoms with Crippen LogP contribution >= 0.6 is 0 Å². The van der Waals surface area contributed by atoms with Crippen LogP contribution in [0.2, 0.25) is 0 Å². The topological polar surface area (TPSA) is 49.8 Å². The maximum atomic E-state index is 8.86. The van der Waals surface area contributed by atoms with Crippen molar-refractivity contribution in [3.05, 3.63) is 41.0 Å². The third-order valence-electron chi connectivity index (χ3n) is 2.18. The van der Waals surface area contributed by atoms with Gasteiger partial charge in [-0.15, -0.1) is 0 Å². The molecule has 0 saturated carbocycles. The molecule has 0 aliphatic carbocycles. The molecule has 2 heteroatoms. The zero-order valence-electron chi connectivity index (χ0n) is 8.49. The van der Waals surface area contributed by atoms with E-state index in [9.17, 15) is 0 Å². The Bertz CT molecular complexity index is 384. The van der Waals surface area contributed by atoms with E-state index in [0.717, 1.165) is 11.1 Å². The number of hydrogen-bond donors (Lipinski definition) is 1. The van der Waals surface area contributed by atoms with E-state index in [-0.39, 0.29) is 6.04 Å². The van der Waals surface area contributed by atoms with Gasteiger partial charge in [-0.2, -0.15) is 5.26 Å². The number of hydrogen-bond acceptors (Lipinski definition) is 2. The molecule has 2 nitrogen and oxygen atoms in total. The van der Waals surface area contributed by atoms with Crippen molar-refractivity contribution in [2.24, 2.45) is 5.73 Å². The maximum absolute atomic E-state index is 8.86. The molecule has 0 fully saturated rings. The largest absolute Gasteiger partial charge is 0.324 e. The van der Waals surface area contributed by atoms with Crippen molar-refractivity contribution in [3.63, 3.8) is 0 Å². The molecular formula is C12H14N2. The van der Waals surface area contributed by atoms with Crippen LogP contribution < -0.4 is 5.73 Å². The van der Waals surface area contributed by atoms with E-state index in [1.54, 1.807) is 6.07 Å². The standard InChI is InChI=1S/C12H14N2/c1-9(10(2)14)7-11-5-3-4-6-12(11)8-13/h3-7,10H,14H2,1-2H3/b9-7+. The Balaban J connectivity index is 3.09. The van der Waals surface area contributed by atoms with E-state index < -0.39 is 0 Å². The third-order valence-corrected chi connectivity index (χ3v) is 2.18. The highest BCUT2D eigenvalue weighted by Crippen LogP contribution is 2.13. The zero-order valence-corrected chi connectivity index (χ0v) is 8.49. The molecule has 0 bridgehead atoms. The molecule has 1 rings (SSSR count). The summed E-state index contributed by atoms with van der Waals surface area (Å²) in [7, 11) is 0. The quantitative estimate of drug-likeness (QED) is 0.770. The number of nitriles is 1. The first-order valence-electron chi connectivity index (χ1n) is 4.58. The molecule has 0 aromatic heterocycles. The fourth-order valence-corrected chi connectivity index (χ4v) is 1.10. The average Bonchev–Trinajstić information content (AvgIpc) is 2.18. The second-order valence-electron chi connectivity index (χ2n) is 3.38. The van der Waals surface area contributed by atoms with Gasteiger partial charge >= 0.3 is 0 Å². The molecule has 0 radical (unpaired) electrons. The summed E-state index contributed by atoms with van der Waals surface area (Å²) < 4.78 is 0. The van der Waals surface area contributed by atoms with Gasteiger partial charge in [0.15, 0.2) is 0 Å². The van der Waals surface area contributed by atoms with E-state index >= 15 is 0 Å². The Morgan fingerprint density at radius 3 is 2.71 bits per heavy atom. The summed E-state index contributed by atoms with van der Waals surface area (Å²) in [5.41, 5.74) is 8.42. The monoisotopic (exact) mass is 186 g/mol. The van der Waals surface area contributed by atoms with Crippen molar-refractivity contribution in [2.45, 2.75) is 19.9 Å². The molecule has 14 heavy (non-hydrogen) atoms. The Morgan fingerprint density at radius 2 is 2.14 bits per heavy atom. The first kappa shape index (κ1) is 10.5. The van der Waals surface area contributed by atoms with Crippen molar-refractivity contribution in [3.8, 4) is 6.07 Å². The van der Waals surface area contributed by atoms with E-state index in [4.69, 9.17) is 11.0 Å². The molecule has 1 aromatic rings. The number of rotatable bonds is 2. The Labute approximate surface area is 84.7 Å². The zero-order chi connectivity index (χ0) is 10.6. The van der Waals surface area contributed by atoms with Crippen molar-refractivity contribution in [2.75, 3.05) is 0 Å². The van der Waals surface area contributed by atoms with Gasteiger partial charge in [-0.05, 0) is 25.5 Å². The molecule has 1 atom stereocenters. The van der Waals surface area contributed by atoms with Gasteiger partial charge < -0.3 is 5.73 Å². The van der Waals surface area contributed by atoms with Gasteiger partial charge in [-0.3, -0.25) is 0 Å². The van der Waals surface area contributed by atoms with Crippen LogP contribution in [0.15, 0.2) is 29.8 Å². The summed E-state index contributed by atoms with van der Waals surface area (Å²) in [6.07, 6.45) is 1.96. The molecule has 0 aliphatic rings. The highest BCUT2D eigenvalue weighted by Gasteiger charge is 2.00. The lowest BCUT2D eigenvalue weighted by Gasteiger charge is -2.05. The molecule has 1 aromatic carbocycles. The van der Waals surface area contributed by atoms with Gasteiger partial charge in [0.05, 0.1) is 11.6 Å². The molecule has 1 unspecified atom stereocenters. The number of benzene rings is 1. The van der Waals surface area contributed by atoms with Crippen LogP contribution in [0.5, 0.6) is 0 Å². The number of nitrogens with zero attached hydrogens (tertiary/aromatic N) is 1. The van der Waals surface area contributed by atoms with Crippen molar-refractivity contribution in [1.82, 2.24) is 0 Å². The Hall–Kier alpha value is -1.59. The van der Waals surface area contributed by atoms with Crippen LogP contribution in [0.25, 0.3) is 6.08 Å². The predicted octanol–water partition coefficient (Wildman–Crippen LogP) is 2.31. The molecular weight excluding hydrogens is 172 g/mol. The first-order chi connectivity index (χ1) is 6.65. The SMILES string of the molecule is C/C(=C\c1ccccc1C#N)C(C)N. The van der Waals surface area contributed by atoms with Gasteiger partial charge in [0.2, 0.25) is 0 Å². The third kappa shape index (κ3) is 2.45. The molecule has 0 spiro atoms. The van der Waals surface area contributed by atoms with Crippen LogP contribution in [0.3, 0.4) is 0 Å². The van der Waals surface area contributed by atoms with Crippen LogP contribution in [-0.2, 0) is 0 Å². The summed E-state index contributed by atoms with van der Waals surface area (Å²) in [6, 6.07) is 9.69. The van der Waals surface area contributed by atoms with Crippen LogP contribution in [-0.4, -0.2) is 6.04 Å². The van der Waals surface area contributed by atoms with Crippen molar-refractivity contribution >= 4 is 6.08 Å².